The van der Waals surface area contributed by atoms with Crippen molar-refractivity contribution in [1.82, 2.24) is 9.88 Å². The number of rotatable bonds is 1. The van der Waals surface area contributed by atoms with Gasteiger partial charge in [0.15, 0.2) is 0 Å². The molecule has 15 heavy (non-hydrogen) atoms. The normalized spacial score (nSPS) is 19.0. The third-order valence-corrected chi connectivity index (χ3v) is 3.48. The van der Waals surface area contributed by atoms with Crippen LogP contribution in [0.4, 0.5) is 0 Å². The molecule has 1 fully saturated rings. The van der Waals surface area contributed by atoms with E-state index in [2.05, 4.69) is 4.98 Å². The summed E-state index contributed by atoms with van der Waals surface area (Å²) < 4.78 is 0.598. The van der Waals surface area contributed by atoms with Gasteiger partial charge >= 0.3 is 0 Å². The van der Waals surface area contributed by atoms with Crippen molar-refractivity contribution in [1.29, 1.82) is 0 Å². The van der Waals surface area contributed by atoms with Crippen LogP contribution in [0.3, 0.4) is 0 Å². The summed E-state index contributed by atoms with van der Waals surface area (Å²) in [5, 5.41) is 0. The maximum absolute atomic E-state index is 11.7. The summed E-state index contributed by atoms with van der Waals surface area (Å²) in [7, 11) is 1.69. The molecule has 5 heteroatoms. The highest BCUT2D eigenvalue weighted by molar-refractivity contribution is 8.26. The third-order valence-electron chi connectivity index (χ3n) is 1.99. The number of thioether (sulfide) groups is 1. The number of likely N-dealkylation sites (N-methyl/N-ethyl adjacent to an activating group) is 1. The van der Waals surface area contributed by atoms with Crippen LogP contribution in [0, 0.1) is 0 Å². The first-order valence-corrected chi connectivity index (χ1v) is 5.52. The van der Waals surface area contributed by atoms with Crippen molar-refractivity contribution in [3.63, 3.8) is 0 Å². The first kappa shape index (κ1) is 10.3. The van der Waals surface area contributed by atoms with Crippen LogP contribution in [-0.4, -0.2) is 27.2 Å². The van der Waals surface area contributed by atoms with Gasteiger partial charge in [0.2, 0.25) is 0 Å². The Kier molecular flexibility index (Phi) is 2.83. The molecule has 0 saturated carbocycles. The predicted octanol–water partition coefficient (Wildman–Crippen LogP) is 1.91. The summed E-state index contributed by atoms with van der Waals surface area (Å²) in [4.78, 5) is 17.7. The lowest BCUT2D eigenvalue weighted by molar-refractivity contribution is -0.121. The van der Waals surface area contributed by atoms with Crippen LogP contribution in [0.1, 0.15) is 5.56 Å². The third kappa shape index (κ3) is 2.08. The van der Waals surface area contributed by atoms with Crippen molar-refractivity contribution in [3.8, 4) is 0 Å². The highest BCUT2D eigenvalue weighted by atomic mass is 32.2. The van der Waals surface area contributed by atoms with Crippen LogP contribution in [0.15, 0.2) is 29.4 Å². The molecule has 1 aromatic rings. The summed E-state index contributed by atoms with van der Waals surface area (Å²) in [6.07, 6.45) is 5.21. The number of carbonyl (C=O) groups excluding carboxylic acids is 1. The molecule has 2 rings (SSSR count). The molecule has 1 aromatic heterocycles. The van der Waals surface area contributed by atoms with Crippen molar-refractivity contribution in [3.05, 3.63) is 35.0 Å². The van der Waals surface area contributed by atoms with E-state index in [1.165, 1.54) is 16.7 Å². The van der Waals surface area contributed by atoms with Gasteiger partial charge in [0, 0.05) is 19.4 Å². The van der Waals surface area contributed by atoms with Gasteiger partial charge in [-0.15, -0.1) is 0 Å². The van der Waals surface area contributed by atoms with E-state index in [4.69, 9.17) is 12.2 Å². The van der Waals surface area contributed by atoms with Crippen molar-refractivity contribution in [2.24, 2.45) is 0 Å². The van der Waals surface area contributed by atoms with E-state index in [-0.39, 0.29) is 5.91 Å². The Balaban J connectivity index is 2.30. The molecule has 1 aliphatic rings. The standard InChI is InChI=1S/C10H8N2OS2/c1-12-9(13)8(15-10(12)14)6-7-2-4-11-5-3-7/h2-6H,1H3/b8-6+. The Morgan fingerprint density at radius 1 is 1.47 bits per heavy atom. The molecular weight excluding hydrogens is 228 g/mol. The molecule has 0 spiro atoms. The Morgan fingerprint density at radius 3 is 2.67 bits per heavy atom. The fraction of sp³-hybridized carbons (Fsp3) is 0.100. The highest BCUT2D eigenvalue weighted by Gasteiger charge is 2.28. The number of amides is 1. The Morgan fingerprint density at radius 2 is 2.13 bits per heavy atom. The quantitative estimate of drug-likeness (QED) is 0.551. The van der Waals surface area contributed by atoms with Gasteiger partial charge in [0.1, 0.15) is 4.32 Å². The molecule has 76 valence electrons. The summed E-state index contributed by atoms with van der Waals surface area (Å²) in [6, 6.07) is 3.70. The van der Waals surface area contributed by atoms with E-state index in [0.29, 0.717) is 9.23 Å². The van der Waals surface area contributed by atoms with Gasteiger partial charge in [-0.05, 0) is 23.8 Å². The van der Waals surface area contributed by atoms with E-state index in [9.17, 15) is 4.79 Å². The van der Waals surface area contributed by atoms with E-state index >= 15 is 0 Å². The van der Waals surface area contributed by atoms with Crippen LogP contribution in [0.2, 0.25) is 0 Å². The lowest BCUT2D eigenvalue weighted by atomic mass is 10.2. The Bertz CT molecular complexity index is 442. The zero-order chi connectivity index (χ0) is 10.8. The zero-order valence-corrected chi connectivity index (χ0v) is 9.64. The summed E-state index contributed by atoms with van der Waals surface area (Å²) in [6.45, 7) is 0. The minimum Gasteiger partial charge on any atom is -0.296 e. The lowest BCUT2D eigenvalue weighted by Crippen LogP contribution is -2.22. The van der Waals surface area contributed by atoms with Gasteiger partial charge in [-0.2, -0.15) is 0 Å². The fourth-order valence-corrected chi connectivity index (χ4v) is 2.34. The van der Waals surface area contributed by atoms with Gasteiger partial charge < -0.3 is 0 Å². The van der Waals surface area contributed by atoms with Crippen LogP contribution in [0.25, 0.3) is 6.08 Å². The predicted molar refractivity (Wildman–Crippen MR) is 65.2 cm³/mol. The second kappa shape index (κ2) is 4.12. The number of carbonyl (C=O) groups is 1. The molecule has 0 radical (unpaired) electrons. The van der Waals surface area contributed by atoms with Gasteiger partial charge in [0.05, 0.1) is 4.91 Å². The molecule has 0 N–H and O–H groups in total. The van der Waals surface area contributed by atoms with E-state index in [0.717, 1.165) is 5.56 Å². The van der Waals surface area contributed by atoms with E-state index < -0.39 is 0 Å². The second-order valence-electron chi connectivity index (χ2n) is 3.02. The average Bonchev–Trinajstić information content (AvgIpc) is 2.48. The maximum Gasteiger partial charge on any atom is 0.265 e. The van der Waals surface area contributed by atoms with Gasteiger partial charge in [-0.25, -0.2) is 0 Å². The minimum atomic E-state index is -0.0400. The average molecular weight is 236 g/mol. The molecule has 0 atom stereocenters. The molecule has 1 amide bonds. The van der Waals surface area contributed by atoms with Gasteiger partial charge in [-0.1, -0.05) is 24.0 Å². The molecule has 0 unspecified atom stereocenters. The van der Waals surface area contributed by atoms with Gasteiger partial charge in [0.25, 0.3) is 5.91 Å². The molecule has 0 aromatic carbocycles. The summed E-state index contributed by atoms with van der Waals surface area (Å²) >= 11 is 6.35. The number of nitrogens with zero attached hydrogens (tertiary/aromatic N) is 2. The van der Waals surface area contributed by atoms with E-state index in [1.807, 2.05) is 18.2 Å². The maximum atomic E-state index is 11.7. The first-order valence-electron chi connectivity index (χ1n) is 4.30. The molecule has 0 bridgehead atoms. The Labute approximate surface area is 97.2 Å². The van der Waals surface area contributed by atoms with Crippen molar-refractivity contribution >= 4 is 40.3 Å². The lowest BCUT2D eigenvalue weighted by Gasteiger charge is -2.03. The largest absolute Gasteiger partial charge is 0.296 e. The first-order chi connectivity index (χ1) is 7.18. The fourth-order valence-electron chi connectivity index (χ4n) is 1.16. The SMILES string of the molecule is CN1C(=O)/C(=C\c2ccncc2)SC1=S. The highest BCUT2D eigenvalue weighted by Crippen LogP contribution is 2.30. The second-order valence-corrected chi connectivity index (χ2v) is 4.70. The van der Waals surface area contributed by atoms with E-state index in [1.54, 1.807) is 19.4 Å². The molecule has 3 nitrogen and oxygen atoms in total. The molecule has 1 saturated heterocycles. The van der Waals surface area contributed by atoms with Crippen LogP contribution < -0.4 is 0 Å². The number of aromatic nitrogens is 1. The topological polar surface area (TPSA) is 33.2 Å². The van der Waals surface area contributed by atoms with Crippen LogP contribution >= 0.6 is 24.0 Å². The monoisotopic (exact) mass is 236 g/mol. The summed E-state index contributed by atoms with van der Waals surface area (Å²) in [5.74, 6) is -0.0400. The van der Waals surface area contributed by atoms with Crippen molar-refractivity contribution in [2.45, 2.75) is 0 Å². The van der Waals surface area contributed by atoms with Crippen molar-refractivity contribution < 1.29 is 4.79 Å². The molecular formula is C10H8N2OS2. The number of hydrogen-bond acceptors (Lipinski definition) is 4. The van der Waals surface area contributed by atoms with Gasteiger partial charge in [-0.3, -0.25) is 14.7 Å². The Hall–Kier alpha value is -1.20. The smallest absolute Gasteiger partial charge is 0.265 e. The van der Waals surface area contributed by atoms with Crippen LogP contribution in [-0.2, 0) is 4.79 Å². The van der Waals surface area contributed by atoms with Crippen molar-refractivity contribution in [2.75, 3.05) is 7.05 Å². The van der Waals surface area contributed by atoms with Crippen LogP contribution in [0.5, 0.6) is 0 Å². The minimum absolute atomic E-state index is 0.0400. The zero-order valence-electron chi connectivity index (χ0n) is 8.01. The summed E-state index contributed by atoms with van der Waals surface area (Å²) in [5.41, 5.74) is 0.957. The number of thiocarbonyl (C=S) groups is 1. The number of pyridine rings is 1. The number of hydrogen-bond donors (Lipinski definition) is 0. The molecule has 0 aliphatic carbocycles. The molecule has 2 heterocycles. The molecule has 1 aliphatic heterocycles.